The highest BCUT2D eigenvalue weighted by atomic mass is 16.5. The Kier molecular flexibility index (Phi) is 9.44. The van der Waals surface area contributed by atoms with Gasteiger partial charge in [-0.3, -0.25) is 14.8 Å². The highest BCUT2D eigenvalue weighted by Crippen LogP contribution is 2.24. The number of likely N-dealkylation sites (tertiary alicyclic amines) is 1. The van der Waals surface area contributed by atoms with Crippen LogP contribution in [-0.4, -0.2) is 94.0 Å². The Hall–Kier alpha value is -2.03. The lowest BCUT2D eigenvalue weighted by Crippen LogP contribution is -2.50. The van der Waals surface area contributed by atoms with Crippen molar-refractivity contribution in [3.05, 3.63) is 23.8 Å². The van der Waals surface area contributed by atoms with Crippen molar-refractivity contribution >= 4 is 5.96 Å². The Bertz CT molecular complexity index is 722. The van der Waals surface area contributed by atoms with Gasteiger partial charge >= 0.3 is 0 Å². The molecule has 180 valence electrons. The number of nitrogens with one attached hydrogen (secondary N) is 2. The van der Waals surface area contributed by atoms with E-state index >= 15 is 0 Å². The van der Waals surface area contributed by atoms with Crippen molar-refractivity contribution in [1.29, 1.82) is 0 Å². The molecular weight excluding hydrogens is 406 g/mol. The van der Waals surface area contributed by atoms with Crippen LogP contribution in [0.15, 0.2) is 23.2 Å². The fraction of sp³-hybridized carbons (Fsp3) is 0.708. The van der Waals surface area contributed by atoms with Crippen LogP contribution in [0.4, 0.5) is 0 Å². The lowest BCUT2D eigenvalue weighted by atomic mass is 10.2. The number of guanidine groups is 1. The molecule has 3 rings (SSSR count). The van der Waals surface area contributed by atoms with Crippen molar-refractivity contribution in [2.24, 2.45) is 4.99 Å². The van der Waals surface area contributed by atoms with E-state index in [0.29, 0.717) is 18.1 Å². The maximum absolute atomic E-state index is 5.57. The van der Waals surface area contributed by atoms with Crippen molar-refractivity contribution in [1.82, 2.24) is 20.4 Å². The number of methoxy groups -OCH3 is 2. The predicted molar refractivity (Wildman–Crippen MR) is 129 cm³/mol. The Morgan fingerprint density at radius 3 is 2.62 bits per heavy atom. The van der Waals surface area contributed by atoms with Crippen molar-refractivity contribution in [3.8, 4) is 11.5 Å². The average Bonchev–Trinajstić information content (AvgIpc) is 3.23. The van der Waals surface area contributed by atoms with Gasteiger partial charge in [-0.05, 0) is 44.9 Å². The summed E-state index contributed by atoms with van der Waals surface area (Å²) in [4.78, 5) is 9.86. The van der Waals surface area contributed by atoms with E-state index in [0.717, 1.165) is 76.4 Å². The smallest absolute Gasteiger partial charge is 0.191 e. The Balaban J connectivity index is 1.53. The number of ether oxygens (including phenoxy) is 3. The van der Waals surface area contributed by atoms with E-state index in [2.05, 4.69) is 53.3 Å². The summed E-state index contributed by atoms with van der Waals surface area (Å²) in [6.07, 6.45) is 1.10. The number of aliphatic imine (C=N–C) groups is 1. The second-order valence-corrected chi connectivity index (χ2v) is 8.82. The highest BCUT2D eigenvalue weighted by Gasteiger charge is 2.25. The molecule has 2 aliphatic rings. The predicted octanol–water partition coefficient (Wildman–Crippen LogP) is 1.94. The zero-order chi connectivity index (χ0) is 22.9. The molecule has 2 aliphatic heterocycles. The third kappa shape index (κ3) is 6.98. The minimum absolute atomic E-state index is 0.387. The SMILES string of the molecule is CCNC(=NCC(C)N1CCOCC1C)NC1CCN(Cc2cc(OC)cc(OC)c2)C1. The van der Waals surface area contributed by atoms with Crippen LogP contribution >= 0.6 is 0 Å². The summed E-state index contributed by atoms with van der Waals surface area (Å²) in [5.41, 5.74) is 1.20. The molecule has 0 radical (unpaired) electrons. The maximum atomic E-state index is 5.57. The van der Waals surface area contributed by atoms with Gasteiger partial charge in [0.1, 0.15) is 11.5 Å². The van der Waals surface area contributed by atoms with Crippen molar-refractivity contribution in [2.45, 2.75) is 51.9 Å². The fourth-order valence-electron chi connectivity index (χ4n) is 4.55. The van der Waals surface area contributed by atoms with Crippen LogP contribution in [0.25, 0.3) is 0 Å². The molecule has 0 amide bonds. The number of rotatable bonds is 9. The van der Waals surface area contributed by atoms with Crippen LogP contribution < -0.4 is 20.1 Å². The molecule has 2 saturated heterocycles. The summed E-state index contributed by atoms with van der Waals surface area (Å²) in [6.45, 7) is 13.8. The molecule has 8 heteroatoms. The molecule has 2 N–H and O–H groups in total. The molecule has 1 aromatic carbocycles. The van der Waals surface area contributed by atoms with Gasteiger partial charge in [0.15, 0.2) is 5.96 Å². The van der Waals surface area contributed by atoms with Gasteiger partial charge < -0.3 is 24.8 Å². The average molecular weight is 448 g/mol. The fourth-order valence-corrected chi connectivity index (χ4v) is 4.55. The number of hydrogen-bond acceptors (Lipinski definition) is 6. The molecule has 32 heavy (non-hydrogen) atoms. The van der Waals surface area contributed by atoms with Gasteiger partial charge in [0.05, 0.1) is 34.0 Å². The number of nitrogens with zero attached hydrogens (tertiary/aromatic N) is 3. The van der Waals surface area contributed by atoms with Crippen LogP contribution in [0.1, 0.15) is 32.8 Å². The number of hydrogen-bond donors (Lipinski definition) is 2. The molecule has 1 aromatic rings. The topological polar surface area (TPSA) is 70.6 Å². The summed E-state index contributed by atoms with van der Waals surface area (Å²) in [5.74, 6) is 2.58. The quantitative estimate of drug-likeness (QED) is 0.443. The van der Waals surface area contributed by atoms with Crippen LogP contribution in [0, 0.1) is 0 Å². The van der Waals surface area contributed by atoms with Gasteiger partial charge in [-0.25, -0.2) is 0 Å². The Morgan fingerprint density at radius 1 is 1.22 bits per heavy atom. The van der Waals surface area contributed by atoms with Crippen LogP contribution in [0.5, 0.6) is 11.5 Å². The second kappa shape index (κ2) is 12.3. The summed E-state index contributed by atoms with van der Waals surface area (Å²) in [6, 6.07) is 7.31. The minimum Gasteiger partial charge on any atom is -0.497 e. The number of benzene rings is 1. The summed E-state index contributed by atoms with van der Waals surface area (Å²) < 4.78 is 16.4. The van der Waals surface area contributed by atoms with Gasteiger partial charge in [-0.1, -0.05) is 0 Å². The van der Waals surface area contributed by atoms with E-state index < -0.39 is 0 Å². The van der Waals surface area contributed by atoms with Crippen molar-refractivity contribution in [2.75, 3.05) is 60.2 Å². The third-order valence-electron chi connectivity index (χ3n) is 6.27. The molecule has 2 heterocycles. The first-order valence-electron chi connectivity index (χ1n) is 11.8. The Morgan fingerprint density at radius 2 is 1.97 bits per heavy atom. The minimum atomic E-state index is 0.387. The first kappa shape index (κ1) is 24.6. The summed E-state index contributed by atoms with van der Waals surface area (Å²) in [7, 11) is 3.38. The largest absolute Gasteiger partial charge is 0.497 e. The molecule has 0 saturated carbocycles. The van der Waals surface area contributed by atoms with Crippen molar-refractivity contribution in [3.63, 3.8) is 0 Å². The first-order chi connectivity index (χ1) is 15.5. The zero-order valence-corrected chi connectivity index (χ0v) is 20.4. The lowest BCUT2D eigenvalue weighted by molar-refractivity contribution is -0.0165. The molecule has 0 spiro atoms. The van der Waals surface area contributed by atoms with Gasteiger partial charge in [0.2, 0.25) is 0 Å². The molecule has 0 aliphatic carbocycles. The van der Waals surface area contributed by atoms with E-state index in [-0.39, 0.29) is 0 Å². The third-order valence-corrected chi connectivity index (χ3v) is 6.27. The monoisotopic (exact) mass is 447 g/mol. The summed E-state index contributed by atoms with van der Waals surface area (Å²) >= 11 is 0. The molecule has 0 bridgehead atoms. The number of morpholine rings is 1. The van der Waals surface area contributed by atoms with Crippen LogP contribution in [0.2, 0.25) is 0 Å². The molecule has 0 aromatic heterocycles. The van der Waals surface area contributed by atoms with Crippen LogP contribution in [0.3, 0.4) is 0 Å². The van der Waals surface area contributed by atoms with Gasteiger partial charge in [0.25, 0.3) is 0 Å². The first-order valence-corrected chi connectivity index (χ1v) is 11.8. The van der Waals surface area contributed by atoms with E-state index in [9.17, 15) is 0 Å². The second-order valence-electron chi connectivity index (χ2n) is 8.82. The Labute approximate surface area is 193 Å². The molecule has 3 unspecified atom stereocenters. The van der Waals surface area contributed by atoms with Gasteiger partial charge in [0, 0.05) is 56.9 Å². The van der Waals surface area contributed by atoms with Gasteiger partial charge in [-0.15, -0.1) is 0 Å². The lowest BCUT2D eigenvalue weighted by Gasteiger charge is -2.37. The molecule has 8 nitrogen and oxygen atoms in total. The molecule has 2 fully saturated rings. The van der Waals surface area contributed by atoms with Crippen molar-refractivity contribution < 1.29 is 14.2 Å². The van der Waals surface area contributed by atoms with Crippen LogP contribution in [-0.2, 0) is 11.3 Å². The van der Waals surface area contributed by atoms with E-state index in [1.807, 2.05) is 6.07 Å². The molecular formula is C24H41N5O3. The van der Waals surface area contributed by atoms with E-state index in [4.69, 9.17) is 19.2 Å². The summed E-state index contributed by atoms with van der Waals surface area (Å²) in [5, 5.41) is 7.07. The van der Waals surface area contributed by atoms with Gasteiger partial charge in [-0.2, -0.15) is 0 Å². The highest BCUT2D eigenvalue weighted by molar-refractivity contribution is 5.80. The maximum Gasteiger partial charge on any atom is 0.191 e. The van der Waals surface area contributed by atoms with E-state index in [1.54, 1.807) is 14.2 Å². The normalized spacial score (nSPS) is 23.7. The standard InChI is InChI=1S/C24H41N5O3/c1-6-25-24(26-14-18(2)29-9-10-32-17-19(29)3)27-21-7-8-28(16-21)15-20-11-22(30-4)13-23(12-20)31-5/h11-13,18-19,21H,6-10,14-17H2,1-5H3,(H2,25,26,27). The zero-order valence-electron chi connectivity index (χ0n) is 20.4. The molecule has 3 atom stereocenters. The van der Waals surface area contributed by atoms with E-state index in [1.165, 1.54) is 5.56 Å².